The van der Waals surface area contributed by atoms with Crippen LogP contribution >= 0.6 is 11.3 Å². The van der Waals surface area contributed by atoms with Gasteiger partial charge in [-0.2, -0.15) is 0 Å². The van der Waals surface area contributed by atoms with E-state index in [1.165, 1.54) is 5.56 Å². The van der Waals surface area contributed by atoms with Crippen LogP contribution < -0.4 is 10.1 Å². The van der Waals surface area contributed by atoms with Gasteiger partial charge in [0.05, 0.1) is 12.1 Å². The maximum Gasteiger partial charge on any atom is 0.303 e. The van der Waals surface area contributed by atoms with Gasteiger partial charge in [0.1, 0.15) is 5.75 Å². The molecule has 1 aromatic heterocycles. The third-order valence-corrected chi connectivity index (χ3v) is 7.68. The number of carboxylic acids is 1. The lowest BCUT2D eigenvalue weighted by Crippen LogP contribution is -2.13. The molecule has 0 atom stereocenters. The summed E-state index contributed by atoms with van der Waals surface area (Å²) in [6.07, 6.45) is 2.89. The standard InChI is InChI=1S/C33H33NO5S/c1-39-29-18-16-25(21-26(29)14-8-9-15-33(37)38)28(35)17-19-31(36)34-32-22-27(24-12-6-3-7-13-24)30(40-32)20-23-10-4-2-5-11-23/h2-7,10-13,16,18,21-22H,8-9,14-15,17,19-20H2,1H3,(H,34,36)(H,37,38). The average molecular weight is 556 g/mol. The predicted molar refractivity (Wildman–Crippen MR) is 159 cm³/mol. The highest BCUT2D eigenvalue weighted by molar-refractivity contribution is 7.16. The number of carbonyl (C=O) groups excluding carboxylic acids is 2. The first kappa shape index (κ1) is 28.8. The normalized spacial score (nSPS) is 10.7. The van der Waals surface area contributed by atoms with E-state index in [9.17, 15) is 14.4 Å². The summed E-state index contributed by atoms with van der Waals surface area (Å²) in [6, 6.07) is 27.6. The maximum atomic E-state index is 12.9. The molecule has 1 heterocycles. The molecular weight excluding hydrogens is 522 g/mol. The van der Waals surface area contributed by atoms with Crippen LogP contribution in [0, 0.1) is 0 Å². The minimum atomic E-state index is -0.819. The number of rotatable bonds is 14. The second-order valence-electron chi connectivity index (χ2n) is 9.57. The molecule has 0 aliphatic rings. The van der Waals surface area contributed by atoms with Gasteiger partial charge in [0.25, 0.3) is 0 Å². The molecule has 3 aromatic carbocycles. The van der Waals surface area contributed by atoms with Crippen molar-refractivity contribution in [2.75, 3.05) is 12.4 Å². The first-order chi connectivity index (χ1) is 19.4. The zero-order valence-electron chi connectivity index (χ0n) is 22.5. The number of aryl methyl sites for hydroxylation is 1. The number of hydrogen-bond donors (Lipinski definition) is 2. The van der Waals surface area contributed by atoms with E-state index in [0.29, 0.717) is 30.6 Å². The van der Waals surface area contributed by atoms with Crippen molar-refractivity contribution in [1.82, 2.24) is 0 Å². The molecule has 0 unspecified atom stereocenters. The molecule has 4 rings (SSSR count). The van der Waals surface area contributed by atoms with Crippen LogP contribution in [0.25, 0.3) is 11.1 Å². The largest absolute Gasteiger partial charge is 0.496 e. The van der Waals surface area contributed by atoms with Crippen LogP contribution in [0.2, 0.25) is 0 Å². The summed E-state index contributed by atoms with van der Waals surface area (Å²) in [7, 11) is 1.57. The third-order valence-electron chi connectivity index (χ3n) is 6.63. The SMILES string of the molecule is COc1ccc(C(=O)CCC(=O)Nc2cc(-c3ccccc3)c(Cc3ccccc3)s2)cc1CCCCC(=O)O. The highest BCUT2D eigenvalue weighted by atomic mass is 32.1. The molecule has 6 nitrogen and oxygen atoms in total. The van der Waals surface area contributed by atoms with Gasteiger partial charge in [0.15, 0.2) is 5.78 Å². The third kappa shape index (κ3) is 8.13. The number of aliphatic carboxylic acids is 1. The first-order valence-corrected chi connectivity index (χ1v) is 14.2. The van der Waals surface area contributed by atoms with Crippen LogP contribution in [-0.2, 0) is 22.4 Å². The van der Waals surface area contributed by atoms with Crippen molar-refractivity contribution in [2.24, 2.45) is 0 Å². The van der Waals surface area contributed by atoms with Gasteiger partial charge in [-0.05, 0) is 65.8 Å². The van der Waals surface area contributed by atoms with Gasteiger partial charge in [-0.25, -0.2) is 0 Å². The number of nitrogens with one attached hydrogen (secondary N) is 1. The summed E-state index contributed by atoms with van der Waals surface area (Å²) in [5, 5.41) is 12.6. The van der Waals surface area contributed by atoms with E-state index in [4.69, 9.17) is 9.84 Å². The lowest BCUT2D eigenvalue weighted by Gasteiger charge is -2.10. The number of carbonyl (C=O) groups is 3. The Kier molecular flexibility index (Phi) is 10.2. The zero-order valence-corrected chi connectivity index (χ0v) is 23.3. The van der Waals surface area contributed by atoms with E-state index in [2.05, 4.69) is 29.6 Å². The van der Waals surface area contributed by atoms with E-state index >= 15 is 0 Å². The number of Topliss-reactive ketones (excluding diaryl/α,β-unsaturated/α-hetero) is 1. The van der Waals surface area contributed by atoms with E-state index in [0.717, 1.165) is 33.0 Å². The van der Waals surface area contributed by atoms with E-state index < -0.39 is 5.97 Å². The Balaban J connectivity index is 1.39. The van der Waals surface area contributed by atoms with Crippen molar-refractivity contribution in [3.63, 3.8) is 0 Å². The Morgan fingerprint density at radius 2 is 1.57 bits per heavy atom. The predicted octanol–water partition coefficient (Wildman–Crippen LogP) is 7.41. The Morgan fingerprint density at radius 3 is 2.27 bits per heavy atom. The van der Waals surface area contributed by atoms with Crippen LogP contribution in [0.5, 0.6) is 5.75 Å². The molecule has 0 radical (unpaired) electrons. The summed E-state index contributed by atoms with van der Waals surface area (Å²) in [5.74, 6) is -0.475. The monoisotopic (exact) mass is 555 g/mol. The van der Waals surface area contributed by atoms with Crippen molar-refractivity contribution in [3.05, 3.63) is 106 Å². The fourth-order valence-electron chi connectivity index (χ4n) is 4.58. The summed E-state index contributed by atoms with van der Waals surface area (Å²) >= 11 is 1.56. The summed E-state index contributed by atoms with van der Waals surface area (Å²) < 4.78 is 5.41. The highest BCUT2D eigenvalue weighted by Crippen LogP contribution is 2.36. The Labute approximate surface area is 238 Å². The molecule has 0 spiro atoms. The molecule has 0 saturated carbocycles. The Bertz CT molecular complexity index is 1450. The van der Waals surface area contributed by atoms with Crippen LogP contribution in [-0.4, -0.2) is 29.9 Å². The van der Waals surface area contributed by atoms with Gasteiger partial charge < -0.3 is 15.2 Å². The van der Waals surface area contributed by atoms with Gasteiger partial charge in [-0.3, -0.25) is 14.4 Å². The van der Waals surface area contributed by atoms with Crippen LogP contribution in [0.3, 0.4) is 0 Å². The summed E-state index contributed by atoms with van der Waals surface area (Å²) in [5.41, 5.74) is 4.77. The Morgan fingerprint density at radius 1 is 0.850 bits per heavy atom. The second kappa shape index (κ2) is 14.2. The number of hydrogen-bond acceptors (Lipinski definition) is 5. The van der Waals surface area contributed by atoms with E-state index in [-0.39, 0.29) is 31.0 Å². The zero-order chi connectivity index (χ0) is 28.3. The first-order valence-electron chi connectivity index (χ1n) is 13.4. The minimum Gasteiger partial charge on any atom is -0.496 e. The number of ether oxygens (including phenoxy) is 1. The van der Waals surface area contributed by atoms with Gasteiger partial charge in [0.2, 0.25) is 5.91 Å². The highest BCUT2D eigenvalue weighted by Gasteiger charge is 2.16. The van der Waals surface area contributed by atoms with Crippen molar-refractivity contribution in [3.8, 4) is 16.9 Å². The maximum absolute atomic E-state index is 12.9. The number of thiophene rings is 1. The fourth-order valence-corrected chi connectivity index (χ4v) is 5.71. The molecule has 0 bridgehead atoms. The molecule has 0 fully saturated rings. The molecular formula is C33H33NO5S. The molecule has 40 heavy (non-hydrogen) atoms. The molecule has 206 valence electrons. The van der Waals surface area contributed by atoms with Gasteiger partial charge >= 0.3 is 5.97 Å². The second-order valence-corrected chi connectivity index (χ2v) is 10.7. The molecule has 1 amide bonds. The Hall–Kier alpha value is -4.23. The number of benzene rings is 3. The molecule has 4 aromatic rings. The molecule has 7 heteroatoms. The minimum absolute atomic E-state index is 0.0748. The van der Waals surface area contributed by atoms with E-state index in [1.54, 1.807) is 36.6 Å². The molecule has 0 aliphatic carbocycles. The van der Waals surface area contributed by atoms with Crippen molar-refractivity contribution >= 4 is 34.0 Å². The van der Waals surface area contributed by atoms with Gasteiger partial charge in [0, 0.05) is 36.1 Å². The number of anilines is 1. The molecule has 2 N–H and O–H groups in total. The number of methoxy groups -OCH3 is 1. The van der Waals surface area contributed by atoms with Crippen LogP contribution in [0.4, 0.5) is 5.00 Å². The van der Waals surface area contributed by atoms with Crippen molar-refractivity contribution < 1.29 is 24.2 Å². The smallest absolute Gasteiger partial charge is 0.303 e. The topological polar surface area (TPSA) is 92.7 Å². The number of unbranched alkanes of at least 4 members (excludes halogenated alkanes) is 1. The quantitative estimate of drug-likeness (QED) is 0.125. The lowest BCUT2D eigenvalue weighted by atomic mass is 9.99. The van der Waals surface area contributed by atoms with Crippen LogP contribution in [0.15, 0.2) is 84.9 Å². The average Bonchev–Trinajstić information content (AvgIpc) is 3.36. The van der Waals surface area contributed by atoms with Crippen molar-refractivity contribution in [2.45, 2.75) is 44.9 Å². The fraction of sp³-hybridized carbons (Fsp3) is 0.242. The summed E-state index contributed by atoms with van der Waals surface area (Å²) in [6.45, 7) is 0. The number of amides is 1. The van der Waals surface area contributed by atoms with Crippen LogP contribution in [0.1, 0.15) is 58.5 Å². The van der Waals surface area contributed by atoms with Crippen molar-refractivity contribution in [1.29, 1.82) is 0 Å². The molecule has 0 aliphatic heterocycles. The van der Waals surface area contributed by atoms with Gasteiger partial charge in [-0.15, -0.1) is 11.3 Å². The van der Waals surface area contributed by atoms with E-state index in [1.807, 2.05) is 42.5 Å². The number of ketones is 1. The lowest BCUT2D eigenvalue weighted by molar-refractivity contribution is -0.137. The number of carboxylic acid groups (broad SMARTS) is 1. The summed E-state index contributed by atoms with van der Waals surface area (Å²) in [4.78, 5) is 37.7. The molecule has 0 saturated heterocycles. The van der Waals surface area contributed by atoms with Gasteiger partial charge in [-0.1, -0.05) is 60.7 Å².